The van der Waals surface area contributed by atoms with Crippen LogP contribution in [-0.2, 0) is 6.42 Å². The van der Waals surface area contributed by atoms with Gasteiger partial charge in [-0.2, -0.15) is 0 Å². The SMILES string of the molecule is CCC(N)Cc1cc(Cl)ccc1N1C(C)CCC1CC. The lowest BCUT2D eigenvalue weighted by molar-refractivity contribution is 0.614. The second-order valence-electron chi connectivity index (χ2n) is 6.04. The molecule has 1 heterocycles. The van der Waals surface area contributed by atoms with Crippen LogP contribution in [-0.4, -0.2) is 18.1 Å². The second kappa shape index (κ2) is 6.82. The Bertz CT molecular complexity index is 447. The molecule has 0 aromatic heterocycles. The molecule has 1 aromatic carbocycles. The molecule has 0 bridgehead atoms. The summed E-state index contributed by atoms with van der Waals surface area (Å²) in [5.41, 5.74) is 8.81. The molecule has 0 amide bonds. The highest BCUT2D eigenvalue weighted by Gasteiger charge is 2.30. The van der Waals surface area contributed by atoms with E-state index in [1.807, 2.05) is 6.07 Å². The second-order valence-corrected chi connectivity index (χ2v) is 6.48. The van der Waals surface area contributed by atoms with Crippen LogP contribution in [0.2, 0.25) is 5.02 Å². The van der Waals surface area contributed by atoms with Crippen molar-refractivity contribution in [3.63, 3.8) is 0 Å². The number of anilines is 1. The minimum absolute atomic E-state index is 0.213. The van der Waals surface area contributed by atoms with E-state index in [2.05, 4.69) is 37.8 Å². The van der Waals surface area contributed by atoms with Crippen LogP contribution >= 0.6 is 11.6 Å². The van der Waals surface area contributed by atoms with Crippen molar-refractivity contribution >= 4 is 17.3 Å². The quantitative estimate of drug-likeness (QED) is 0.873. The molecule has 0 radical (unpaired) electrons. The maximum Gasteiger partial charge on any atom is 0.0410 e. The maximum absolute atomic E-state index is 6.20. The molecule has 3 unspecified atom stereocenters. The first-order valence-corrected chi connectivity index (χ1v) is 8.26. The summed E-state index contributed by atoms with van der Waals surface area (Å²) in [6.45, 7) is 6.75. The maximum atomic E-state index is 6.20. The largest absolute Gasteiger partial charge is 0.366 e. The van der Waals surface area contributed by atoms with Gasteiger partial charge in [0.05, 0.1) is 0 Å². The number of nitrogens with two attached hydrogens (primary N) is 1. The highest BCUT2D eigenvalue weighted by atomic mass is 35.5. The van der Waals surface area contributed by atoms with Gasteiger partial charge >= 0.3 is 0 Å². The van der Waals surface area contributed by atoms with E-state index in [1.165, 1.54) is 30.5 Å². The standard InChI is InChI=1S/C17H27ClN2/c1-4-15(19)11-13-10-14(18)7-9-17(13)20-12(3)6-8-16(20)5-2/h7,9-10,12,15-16H,4-6,8,11,19H2,1-3H3. The van der Waals surface area contributed by atoms with Gasteiger partial charge in [-0.25, -0.2) is 0 Å². The van der Waals surface area contributed by atoms with Gasteiger partial charge in [-0.3, -0.25) is 0 Å². The summed E-state index contributed by atoms with van der Waals surface area (Å²) < 4.78 is 0. The highest BCUT2D eigenvalue weighted by molar-refractivity contribution is 6.30. The predicted octanol–water partition coefficient (Wildman–Crippen LogP) is 4.39. The van der Waals surface area contributed by atoms with Crippen LogP contribution in [0.15, 0.2) is 18.2 Å². The Balaban J connectivity index is 2.34. The third-order valence-corrected chi connectivity index (χ3v) is 4.82. The van der Waals surface area contributed by atoms with Crippen molar-refractivity contribution in [2.45, 2.75) is 71.0 Å². The summed E-state index contributed by atoms with van der Waals surface area (Å²) in [7, 11) is 0. The van der Waals surface area contributed by atoms with E-state index < -0.39 is 0 Å². The molecule has 3 heteroatoms. The molecule has 0 spiro atoms. The summed E-state index contributed by atoms with van der Waals surface area (Å²) in [6.07, 6.45) is 5.68. The lowest BCUT2D eigenvalue weighted by Gasteiger charge is -2.33. The molecule has 1 fully saturated rings. The lowest BCUT2D eigenvalue weighted by Crippen LogP contribution is -2.35. The molecule has 0 saturated carbocycles. The van der Waals surface area contributed by atoms with Gasteiger partial charge in [-0.15, -0.1) is 0 Å². The topological polar surface area (TPSA) is 29.3 Å². The van der Waals surface area contributed by atoms with Crippen molar-refractivity contribution in [2.24, 2.45) is 5.73 Å². The minimum atomic E-state index is 0.213. The van der Waals surface area contributed by atoms with Crippen molar-refractivity contribution in [1.82, 2.24) is 0 Å². The first-order chi connectivity index (χ1) is 9.56. The summed E-state index contributed by atoms with van der Waals surface area (Å²) >= 11 is 6.20. The molecule has 1 aromatic rings. The summed E-state index contributed by atoms with van der Waals surface area (Å²) in [6, 6.07) is 7.77. The molecule has 2 rings (SSSR count). The van der Waals surface area contributed by atoms with Crippen molar-refractivity contribution in [1.29, 1.82) is 0 Å². The normalized spacial score (nSPS) is 24.1. The molecule has 1 aliphatic rings. The predicted molar refractivity (Wildman–Crippen MR) is 88.7 cm³/mol. The van der Waals surface area contributed by atoms with Crippen LogP contribution in [0, 0.1) is 0 Å². The first-order valence-electron chi connectivity index (χ1n) is 7.89. The molecule has 2 N–H and O–H groups in total. The third-order valence-electron chi connectivity index (χ3n) is 4.58. The van der Waals surface area contributed by atoms with E-state index in [4.69, 9.17) is 17.3 Å². The monoisotopic (exact) mass is 294 g/mol. The molecule has 20 heavy (non-hydrogen) atoms. The van der Waals surface area contributed by atoms with E-state index in [9.17, 15) is 0 Å². The van der Waals surface area contributed by atoms with Crippen molar-refractivity contribution < 1.29 is 0 Å². The van der Waals surface area contributed by atoms with Crippen molar-refractivity contribution in [3.8, 4) is 0 Å². The molecule has 2 nitrogen and oxygen atoms in total. The van der Waals surface area contributed by atoms with Crippen LogP contribution in [0.25, 0.3) is 0 Å². The van der Waals surface area contributed by atoms with Crippen LogP contribution in [0.1, 0.15) is 52.0 Å². The molecule has 112 valence electrons. The molecule has 3 atom stereocenters. The molecule has 1 aliphatic heterocycles. The summed E-state index contributed by atoms with van der Waals surface area (Å²) in [4.78, 5) is 2.59. The molecular formula is C17H27ClN2. The smallest absolute Gasteiger partial charge is 0.0410 e. The van der Waals surface area contributed by atoms with Gasteiger partial charge in [0.1, 0.15) is 0 Å². The number of hydrogen-bond acceptors (Lipinski definition) is 2. The third kappa shape index (κ3) is 3.29. The molecular weight excluding hydrogens is 268 g/mol. The molecule has 1 saturated heterocycles. The number of benzene rings is 1. The van der Waals surface area contributed by atoms with Gasteiger partial charge < -0.3 is 10.6 Å². The minimum Gasteiger partial charge on any atom is -0.366 e. The fraction of sp³-hybridized carbons (Fsp3) is 0.647. The van der Waals surface area contributed by atoms with E-state index in [0.29, 0.717) is 12.1 Å². The van der Waals surface area contributed by atoms with Crippen LogP contribution in [0.5, 0.6) is 0 Å². The Hall–Kier alpha value is -0.730. The average Bonchev–Trinajstić information content (AvgIpc) is 2.80. The van der Waals surface area contributed by atoms with Crippen LogP contribution in [0.4, 0.5) is 5.69 Å². The Morgan fingerprint density at radius 1 is 1.35 bits per heavy atom. The highest BCUT2D eigenvalue weighted by Crippen LogP contribution is 2.35. The van der Waals surface area contributed by atoms with Crippen LogP contribution in [0.3, 0.4) is 0 Å². The fourth-order valence-electron chi connectivity index (χ4n) is 3.30. The first kappa shape index (κ1) is 15.7. The zero-order chi connectivity index (χ0) is 14.7. The summed E-state index contributed by atoms with van der Waals surface area (Å²) in [5.74, 6) is 0. The van der Waals surface area contributed by atoms with Crippen molar-refractivity contribution in [2.75, 3.05) is 4.90 Å². The lowest BCUT2D eigenvalue weighted by atomic mass is 10.0. The van der Waals surface area contributed by atoms with E-state index in [1.54, 1.807) is 0 Å². The number of nitrogens with zero attached hydrogens (tertiary/aromatic N) is 1. The number of halogens is 1. The Labute approximate surface area is 128 Å². The van der Waals surface area contributed by atoms with Gasteiger partial charge in [0.2, 0.25) is 0 Å². The zero-order valence-electron chi connectivity index (χ0n) is 12.9. The van der Waals surface area contributed by atoms with Gasteiger partial charge in [0.25, 0.3) is 0 Å². The van der Waals surface area contributed by atoms with Gasteiger partial charge in [0, 0.05) is 28.8 Å². The number of rotatable bonds is 5. The van der Waals surface area contributed by atoms with Crippen molar-refractivity contribution in [3.05, 3.63) is 28.8 Å². The van der Waals surface area contributed by atoms with E-state index in [0.717, 1.165) is 17.9 Å². The fourth-order valence-corrected chi connectivity index (χ4v) is 3.50. The van der Waals surface area contributed by atoms with E-state index in [-0.39, 0.29) is 6.04 Å². The Morgan fingerprint density at radius 2 is 2.10 bits per heavy atom. The van der Waals surface area contributed by atoms with Gasteiger partial charge in [-0.1, -0.05) is 25.4 Å². The van der Waals surface area contributed by atoms with Gasteiger partial charge in [0.15, 0.2) is 0 Å². The van der Waals surface area contributed by atoms with Gasteiger partial charge in [-0.05, 0) is 62.8 Å². The Kier molecular flexibility index (Phi) is 5.34. The number of hydrogen-bond donors (Lipinski definition) is 1. The zero-order valence-corrected chi connectivity index (χ0v) is 13.7. The van der Waals surface area contributed by atoms with Crippen LogP contribution < -0.4 is 10.6 Å². The molecule has 0 aliphatic carbocycles. The summed E-state index contributed by atoms with van der Waals surface area (Å²) in [5, 5.41) is 0.812. The Morgan fingerprint density at radius 3 is 2.75 bits per heavy atom. The van der Waals surface area contributed by atoms with E-state index >= 15 is 0 Å². The average molecular weight is 295 g/mol.